The van der Waals surface area contributed by atoms with Gasteiger partial charge in [0, 0.05) is 0 Å². The molecule has 0 aliphatic carbocycles. The van der Waals surface area contributed by atoms with Crippen molar-refractivity contribution in [2.45, 2.75) is 24.8 Å². The van der Waals surface area contributed by atoms with E-state index >= 15 is 0 Å². The summed E-state index contributed by atoms with van der Waals surface area (Å²) in [5.41, 5.74) is 0. The van der Waals surface area contributed by atoms with Gasteiger partial charge in [-0.05, 0) is 6.42 Å². The number of alkyl halides is 5. The van der Waals surface area contributed by atoms with Crippen molar-refractivity contribution in [3.63, 3.8) is 0 Å². The molecule has 0 aromatic heterocycles. The Morgan fingerprint density at radius 3 is 2.00 bits per heavy atom. The summed E-state index contributed by atoms with van der Waals surface area (Å²) in [6, 6.07) is 0. The van der Waals surface area contributed by atoms with Gasteiger partial charge < -0.3 is 0 Å². The average Bonchev–Trinajstić information content (AvgIpc) is 2.10. The first-order valence-electron chi connectivity index (χ1n) is 4.04. The van der Waals surface area contributed by atoms with E-state index in [0.29, 0.717) is 6.42 Å². The predicted molar refractivity (Wildman–Crippen MR) is 45.3 cm³/mol. The van der Waals surface area contributed by atoms with Crippen molar-refractivity contribution in [2.24, 2.45) is 0 Å². The zero-order chi connectivity index (χ0) is 13.0. The van der Waals surface area contributed by atoms with E-state index in [-0.39, 0.29) is 0 Å². The minimum Gasteiger partial charge on any atom is -0.261 e. The predicted octanol–water partition coefficient (Wildman–Crippen LogP) is 2.45. The van der Waals surface area contributed by atoms with Gasteiger partial charge in [-0.2, -0.15) is 30.4 Å². The van der Waals surface area contributed by atoms with Crippen molar-refractivity contribution in [3.8, 4) is 0 Å². The van der Waals surface area contributed by atoms with Crippen LogP contribution in [0.1, 0.15) is 13.3 Å². The van der Waals surface area contributed by atoms with Gasteiger partial charge in [0.1, 0.15) is 0 Å². The zero-order valence-electron chi connectivity index (χ0n) is 8.09. The largest absolute Gasteiger partial charge is 0.472 e. The minimum absolute atomic E-state index is 0.471. The summed E-state index contributed by atoms with van der Waals surface area (Å²) in [5, 5.41) is -5.90. The van der Waals surface area contributed by atoms with Crippen LogP contribution in [0, 0.1) is 0 Å². The van der Waals surface area contributed by atoms with Crippen LogP contribution in [0.4, 0.5) is 22.0 Å². The van der Waals surface area contributed by atoms with E-state index in [9.17, 15) is 30.4 Å². The molecule has 0 N–H and O–H groups in total. The van der Waals surface area contributed by atoms with Crippen LogP contribution in [0.5, 0.6) is 0 Å². The lowest BCUT2D eigenvalue weighted by Gasteiger charge is -2.18. The maximum atomic E-state index is 12.4. The lowest BCUT2D eigenvalue weighted by Crippen LogP contribution is -2.44. The fourth-order valence-corrected chi connectivity index (χ4v) is 1.27. The first kappa shape index (κ1) is 15.3. The summed E-state index contributed by atoms with van der Waals surface area (Å²) in [4.78, 5) is 0. The van der Waals surface area contributed by atoms with Crippen LogP contribution in [0.3, 0.4) is 0 Å². The summed E-state index contributed by atoms with van der Waals surface area (Å²) >= 11 is 0. The molecule has 3 nitrogen and oxygen atoms in total. The highest BCUT2D eigenvalue weighted by atomic mass is 32.2. The Morgan fingerprint density at radius 1 is 1.12 bits per heavy atom. The van der Waals surface area contributed by atoms with Gasteiger partial charge in [0.15, 0.2) is 0 Å². The van der Waals surface area contributed by atoms with Crippen LogP contribution < -0.4 is 0 Å². The van der Waals surface area contributed by atoms with Gasteiger partial charge >= 0.3 is 21.5 Å². The van der Waals surface area contributed by atoms with Gasteiger partial charge in [0.05, 0.1) is 6.61 Å². The standard InChI is InChI=1S/C7H9F5O3S/c1-2-3-4-5-15-16(13,14)7(11,12)6(8,9)10/h3-4H,2,5H2,1H3. The van der Waals surface area contributed by atoms with Crippen molar-refractivity contribution in [1.82, 2.24) is 0 Å². The Kier molecular flexibility index (Phi) is 4.86. The van der Waals surface area contributed by atoms with Crippen molar-refractivity contribution in [1.29, 1.82) is 0 Å². The van der Waals surface area contributed by atoms with Crippen LogP contribution >= 0.6 is 0 Å². The summed E-state index contributed by atoms with van der Waals surface area (Å²) < 4.78 is 84.4. The Labute approximate surface area is 89.0 Å². The maximum Gasteiger partial charge on any atom is 0.472 e. The monoisotopic (exact) mass is 268 g/mol. The Balaban J connectivity index is 4.74. The molecule has 0 spiro atoms. The van der Waals surface area contributed by atoms with Crippen LogP contribution in [0.2, 0.25) is 0 Å². The molecule has 9 heteroatoms. The Bertz CT molecular complexity index is 344. The normalized spacial score (nSPS) is 14.6. The highest BCUT2D eigenvalue weighted by molar-refractivity contribution is 7.87. The van der Waals surface area contributed by atoms with Gasteiger partial charge in [0.2, 0.25) is 0 Å². The van der Waals surface area contributed by atoms with E-state index < -0.39 is 28.2 Å². The molecule has 0 heterocycles. The van der Waals surface area contributed by atoms with Gasteiger partial charge in [-0.15, -0.1) is 0 Å². The molecular formula is C7H9F5O3S. The van der Waals surface area contributed by atoms with E-state index in [0.717, 1.165) is 6.08 Å². The second kappa shape index (κ2) is 5.09. The number of rotatable bonds is 5. The third-order valence-electron chi connectivity index (χ3n) is 1.37. The van der Waals surface area contributed by atoms with Gasteiger partial charge in [-0.3, -0.25) is 4.18 Å². The molecule has 0 fully saturated rings. The smallest absolute Gasteiger partial charge is 0.261 e. The minimum atomic E-state index is -6.19. The van der Waals surface area contributed by atoms with E-state index in [2.05, 4.69) is 4.18 Å². The molecule has 0 amide bonds. The molecule has 0 radical (unpaired) electrons. The molecule has 0 rings (SSSR count). The second-order valence-corrected chi connectivity index (χ2v) is 4.29. The molecule has 0 saturated heterocycles. The van der Waals surface area contributed by atoms with Crippen LogP contribution in [-0.4, -0.2) is 26.5 Å². The molecule has 0 bridgehead atoms. The van der Waals surface area contributed by atoms with Gasteiger partial charge in [-0.25, -0.2) is 0 Å². The van der Waals surface area contributed by atoms with E-state index in [1.54, 1.807) is 6.92 Å². The highest BCUT2D eigenvalue weighted by Crippen LogP contribution is 2.40. The fourth-order valence-electron chi connectivity index (χ4n) is 0.579. The Morgan fingerprint density at radius 2 is 1.62 bits per heavy atom. The van der Waals surface area contributed by atoms with Crippen LogP contribution in [-0.2, 0) is 14.3 Å². The molecule has 0 unspecified atom stereocenters. The topological polar surface area (TPSA) is 43.4 Å². The number of allylic oxidation sites excluding steroid dienone is 1. The lowest BCUT2D eigenvalue weighted by atomic mass is 10.4. The molecule has 0 atom stereocenters. The van der Waals surface area contributed by atoms with Crippen LogP contribution in [0.15, 0.2) is 12.2 Å². The van der Waals surface area contributed by atoms with Crippen molar-refractivity contribution < 1.29 is 34.6 Å². The van der Waals surface area contributed by atoms with Crippen molar-refractivity contribution in [2.75, 3.05) is 6.61 Å². The Hall–Kier alpha value is -0.700. The van der Waals surface area contributed by atoms with E-state index in [1.807, 2.05) is 0 Å². The number of hydrogen-bond donors (Lipinski definition) is 0. The third-order valence-corrected chi connectivity index (χ3v) is 2.67. The SMILES string of the molecule is CCC=CCOS(=O)(=O)C(F)(F)C(F)(F)F. The lowest BCUT2D eigenvalue weighted by molar-refractivity contribution is -0.244. The van der Waals surface area contributed by atoms with Gasteiger partial charge in [0.25, 0.3) is 0 Å². The van der Waals surface area contributed by atoms with Crippen molar-refractivity contribution in [3.05, 3.63) is 12.2 Å². The fraction of sp³-hybridized carbons (Fsp3) is 0.714. The molecular weight excluding hydrogens is 259 g/mol. The quantitative estimate of drug-likeness (QED) is 0.437. The molecule has 0 aliphatic heterocycles. The molecule has 96 valence electrons. The molecule has 16 heavy (non-hydrogen) atoms. The summed E-state index contributed by atoms with van der Waals surface area (Å²) in [6.45, 7) is 0.803. The first-order valence-corrected chi connectivity index (χ1v) is 5.45. The summed E-state index contributed by atoms with van der Waals surface area (Å²) in [7, 11) is -6.01. The van der Waals surface area contributed by atoms with Crippen molar-refractivity contribution >= 4 is 10.1 Å². The molecule has 0 aromatic carbocycles. The average molecular weight is 268 g/mol. The second-order valence-electron chi connectivity index (χ2n) is 2.63. The summed E-state index contributed by atoms with van der Waals surface area (Å²) in [6.07, 6.45) is -3.33. The first-order chi connectivity index (χ1) is 7.06. The van der Waals surface area contributed by atoms with E-state index in [4.69, 9.17) is 0 Å². The number of hydrogen-bond acceptors (Lipinski definition) is 3. The van der Waals surface area contributed by atoms with Crippen LogP contribution in [0.25, 0.3) is 0 Å². The molecule has 0 aliphatic rings. The molecule has 0 aromatic rings. The van der Waals surface area contributed by atoms with Gasteiger partial charge in [-0.1, -0.05) is 19.1 Å². The zero-order valence-corrected chi connectivity index (χ0v) is 8.91. The third kappa shape index (κ3) is 3.41. The molecule has 0 saturated carbocycles. The summed E-state index contributed by atoms with van der Waals surface area (Å²) in [5.74, 6) is 0. The number of halogens is 5. The van der Waals surface area contributed by atoms with E-state index in [1.165, 1.54) is 6.08 Å². The highest BCUT2D eigenvalue weighted by Gasteiger charge is 2.68. The maximum absolute atomic E-state index is 12.4.